The first kappa shape index (κ1) is 40.3. The Hall–Kier alpha value is -3.37. The summed E-state index contributed by atoms with van der Waals surface area (Å²) in [5, 5.41) is 0.651. The lowest BCUT2D eigenvalue weighted by molar-refractivity contribution is -0.126. The van der Waals surface area contributed by atoms with Crippen molar-refractivity contribution in [1.29, 1.82) is 0 Å². The number of piperidine rings is 1. The molecule has 4 heterocycles. The molecule has 6 rings (SSSR count). The molecule has 13 nitrogen and oxygen atoms in total. The highest BCUT2D eigenvalue weighted by atomic mass is 35.5. The van der Waals surface area contributed by atoms with Crippen LogP contribution in [0.25, 0.3) is 0 Å². The molecule has 54 heavy (non-hydrogen) atoms. The van der Waals surface area contributed by atoms with Gasteiger partial charge in [0.05, 0.1) is 36.0 Å². The van der Waals surface area contributed by atoms with Gasteiger partial charge in [-0.15, -0.1) is 0 Å². The molecule has 16 heteroatoms. The maximum absolute atomic E-state index is 13.9. The van der Waals surface area contributed by atoms with Gasteiger partial charge in [-0.2, -0.15) is 0 Å². The summed E-state index contributed by atoms with van der Waals surface area (Å²) >= 11 is 6.40. The van der Waals surface area contributed by atoms with Crippen molar-refractivity contribution < 1.29 is 35.9 Å². The molecule has 2 aromatic rings. The van der Waals surface area contributed by atoms with Gasteiger partial charge in [0.2, 0.25) is 15.9 Å². The van der Waals surface area contributed by atoms with Crippen molar-refractivity contribution in [2.24, 2.45) is 11.8 Å². The molecule has 1 unspecified atom stereocenters. The first-order valence-electron chi connectivity index (χ1n) is 18.9. The summed E-state index contributed by atoms with van der Waals surface area (Å²) in [6.45, 7) is 7.36. The second kappa shape index (κ2) is 17.2. The van der Waals surface area contributed by atoms with Gasteiger partial charge >= 0.3 is 6.09 Å². The maximum atomic E-state index is 13.9. The number of aryl methyl sites for hydroxylation is 1. The molecule has 0 aromatic heterocycles. The molecule has 0 aliphatic carbocycles. The minimum Gasteiger partial charge on any atom is -0.491 e. The molecule has 0 spiro atoms. The standard InChI is InChI=1S/C38H52ClN5O8S2/c1-4-6-16-41-26-43-24-29(33-12-10-30(39)20-27(33)8-5-2)25-52-36-13-11-32(21-35(36)43)54(49,50)40-37(45)34(9-7-19-51-38(41)46)28-22-42(23-28)31-14-17-44(18-15-31)53(3,47)48/h7,9-13,20-21,28-29,31,34H,4-6,8,14-19,22-26H2,1-3H3,(H,40,45)/b9-7+/t29-,34?/m0/s1. The molecule has 2 fully saturated rings. The highest BCUT2D eigenvalue weighted by Crippen LogP contribution is 2.38. The van der Waals surface area contributed by atoms with Gasteiger partial charge in [0.15, 0.2) is 0 Å². The number of fused-ring (bicyclic) bond motifs is 1. The van der Waals surface area contributed by atoms with Crippen LogP contribution in [0.5, 0.6) is 5.75 Å². The van der Waals surface area contributed by atoms with E-state index in [1.165, 1.54) is 22.7 Å². The molecule has 0 saturated carbocycles. The van der Waals surface area contributed by atoms with E-state index in [2.05, 4.69) is 16.5 Å². The van der Waals surface area contributed by atoms with Crippen molar-refractivity contribution in [2.75, 3.05) is 70.3 Å². The normalized spacial score (nSPS) is 24.3. The fraction of sp³-hybridized carbons (Fsp3) is 0.579. The molecule has 0 radical (unpaired) electrons. The number of amides is 2. The van der Waals surface area contributed by atoms with Gasteiger partial charge in [0.25, 0.3) is 10.0 Å². The topological polar surface area (TPSA) is 146 Å². The zero-order chi connectivity index (χ0) is 38.6. The van der Waals surface area contributed by atoms with E-state index in [1.54, 1.807) is 23.1 Å². The fourth-order valence-electron chi connectivity index (χ4n) is 7.94. The molecular weight excluding hydrogens is 754 g/mol. The number of anilines is 1. The molecule has 2 amide bonds. The molecular formula is C38H52ClN5O8S2. The van der Waals surface area contributed by atoms with E-state index in [1.807, 2.05) is 30.0 Å². The molecule has 2 saturated heterocycles. The highest BCUT2D eigenvalue weighted by molar-refractivity contribution is 7.90. The van der Waals surface area contributed by atoms with Crippen LogP contribution in [0.3, 0.4) is 0 Å². The Balaban J connectivity index is 1.28. The SMILES string of the molecule is CCCCN1CN2C[C@H](c3ccc(Cl)cc3CCC)COc3ccc(cc32)S(=O)(=O)NC(=O)C(C2CN(C3CCN(S(C)(=O)=O)CC3)C2)/C=C/COC1=O. The number of ether oxygens (including phenoxy) is 2. The van der Waals surface area contributed by atoms with E-state index < -0.39 is 38.0 Å². The molecule has 4 aliphatic rings. The zero-order valence-electron chi connectivity index (χ0n) is 31.3. The maximum Gasteiger partial charge on any atom is 0.411 e. The Bertz CT molecular complexity index is 1930. The summed E-state index contributed by atoms with van der Waals surface area (Å²) in [5.41, 5.74) is 2.69. The van der Waals surface area contributed by atoms with E-state index in [-0.39, 0.29) is 36.0 Å². The second-order valence-electron chi connectivity index (χ2n) is 14.8. The number of nitrogens with one attached hydrogen (secondary N) is 1. The number of hydrogen-bond acceptors (Lipinski definition) is 10. The average Bonchev–Trinajstić information content (AvgIpc) is 3.28. The van der Waals surface area contributed by atoms with E-state index in [9.17, 15) is 26.4 Å². The predicted molar refractivity (Wildman–Crippen MR) is 208 cm³/mol. The number of cyclic esters (lactones) is 1. The molecule has 2 aromatic carbocycles. The summed E-state index contributed by atoms with van der Waals surface area (Å²) in [6.07, 6.45) is 8.68. The molecule has 4 aliphatic heterocycles. The van der Waals surface area contributed by atoms with Gasteiger partial charge in [-0.3, -0.25) is 14.6 Å². The molecule has 2 bridgehead atoms. The van der Waals surface area contributed by atoms with Crippen molar-refractivity contribution in [3.8, 4) is 5.75 Å². The number of rotatable bonds is 9. The van der Waals surface area contributed by atoms with E-state index in [4.69, 9.17) is 21.1 Å². The van der Waals surface area contributed by atoms with Crippen LogP contribution < -0.4 is 14.4 Å². The zero-order valence-corrected chi connectivity index (χ0v) is 33.7. The predicted octanol–water partition coefficient (Wildman–Crippen LogP) is 4.82. The Morgan fingerprint density at radius 1 is 0.981 bits per heavy atom. The van der Waals surface area contributed by atoms with Gasteiger partial charge in [-0.25, -0.2) is 30.7 Å². The Labute approximate surface area is 324 Å². The fourth-order valence-corrected chi connectivity index (χ4v) is 10.0. The minimum absolute atomic E-state index is 0.0890. The van der Waals surface area contributed by atoms with Crippen LogP contribution in [0, 0.1) is 11.8 Å². The first-order chi connectivity index (χ1) is 25.8. The summed E-state index contributed by atoms with van der Waals surface area (Å²) < 4.78 is 67.8. The lowest BCUT2D eigenvalue weighted by atomic mass is 9.83. The number of likely N-dealkylation sites (tertiary alicyclic amines) is 1. The van der Waals surface area contributed by atoms with Gasteiger partial charge in [-0.05, 0) is 73.1 Å². The van der Waals surface area contributed by atoms with Crippen LogP contribution in [0.4, 0.5) is 10.5 Å². The third-order valence-electron chi connectivity index (χ3n) is 10.9. The van der Waals surface area contributed by atoms with Crippen molar-refractivity contribution >= 4 is 49.3 Å². The van der Waals surface area contributed by atoms with Gasteiger partial charge in [-0.1, -0.05) is 56.5 Å². The van der Waals surface area contributed by atoms with Crippen molar-refractivity contribution in [2.45, 2.75) is 69.2 Å². The quantitative estimate of drug-likeness (QED) is 0.351. The van der Waals surface area contributed by atoms with Gasteiger partial charge in [0, 0.05) is 56.3 Å². The van der Waals surface area contributed by atoms with Crippen molar-refractivity contribution in [1.82, 2.24) is 18.8 Å². The number of carbonyl (C=O) groups is 2. The van der Waals surface area contributed by atoms with Gasteiger partial charge < -0.3 is 14.4 Å². The number of nitrogens with zero attached hydrogens (tertiary/aromatic N) is 4. The monoisotopic (exact) mass is 805 g/mol. The summed E-state index contributed by atoms with van der Waals surface area (Å²) in [4.78, 5) is 33.3. The lowest BCUT2D eigenvalue weighted by Crippen LogP contribution is -2.58. The summed E-state index contributed by atoms with van der Waals surface area (Å²) in [7, 11) is -7.56. The Kier molecular flexibility index (Phi) is 12.8. The number of carbonyl (C=O) groups excluding carboxylic acids is 2. The number of unbranched alkanes of at least 4 members (excludes halogenated alkanes) is 1. The third-order valence-corrected chi connectivity index (χ3v) is 13.8. The van der Waals surface area contributed by atoms with E-state index in [0.29, 0.717) is 75.2 Å². The largest absolute Gasteiger partial charge is 0.491 e. The summed E-state index contributed by atoms with van der Waals surface area (Å²) in [5.74, 6) is -1.30. The van der Waals surface area contributed by atoms with E-state index in [0.717, 1.165) is 36.8 Å². The minimum atomic E-state index is -4.31. The van der Waals surface area contributed by atoms with Crippen LogP contribution in [0.2, 0.25) is 5.02 Å². The number of sulfonamides is 2. The van der Waals surface area contributed by atoms with Gasteiger partial charge in [0.1, 0.15) is 12.4 Å². The van der Waals surface area contributed by atoms with Crippen LogP contribution in [0.15, 0.2) is 53.4 Å². The second-order valence-corrected chi connectivity index (χ2v) is 18.9. The first-order valence-corrected chi connectivity index (χ1v) is 22.6. The summed E-state index contributed by atoms with van der Waals surface area (Å²) in [6, 6.07) is 10.6. The number of hydrogen-bond donors (Lipinski definition) is 1. The molecule has 296 valence electrons. The van der Waals surface area contributed by atoms with Crippen molar-refractivity contribution in [3.05, 3.63) is 64.7 Å². The Morgan fingerprint density at radius 3 is 2.44 bits per heavy atom. The highest BCUT2D eigenvalue weighted by Gasteiger charge is 2.41. The Morgan fingerprint density at radius 2 is 1.74 bits per heavy atom. The molecule has 1 N–H and O–H groups in total. The van der Waals surface area contributed by atoms with Crippen LogP contribution in [-0.2, 0) is 36.0 Å². The van der Waals surface area contributed by atoms with Crippen LogP contribution in [0.1, 0.15) is 63.0 Å². The smallest absolute Gasteiger partial charge is 0.411 e. The average molecular weight is 806 g/mol. The lowest BCUT2D eigenvalue weighted by Gasteiger charge is -2.48. The van der Waals surface area contributed by atoms with Crippen LogP contribution in [-0.4, -0.2) is 114 Å². The third kappa shape index (κ3) is 9.35. The number of benzene rings is 2. The van der Waals surface area contributed by atoms with E-state index >= 15 is 0 Å². The number of halogens is 1. The van der Waals surface area contributed by atoms with Crippen LogP contribution >= 0.6 is 11.6 Å². The molecule has 2 atom stereocenters. The van der Waals surface area contributed by atoms with Crippen molar-refractivity contribution in [3.63, 3.8) is 0 Å².